The monoisotopic (exact) mass is 273 g/mol. The Morgan fingerprint density at radius 3 is 2.45 bits per heavy atom. The van der Waals surface area contributed by atoms with Crippen molar-refractivity contribution in [2.24, 2.45) is 11.8 Å². The van der Waals surface area contributed by atoms with E-state index in [1.807, 2.05) is 4.68 Å². The van der Waals surface area contributed by atoms with Gasteiger partial charge < -0.3 is 5.73 Å². The molecule has 0 atom stereocenters. The van der Waals surface area contributed by atoms with Crippen LogP contribution in [0.3, 0.4) is 0 Å². The van der Waals surface area contributed by atoms with Crippen LogP contribution < -0.4 is 5.73 Å². The van der Waals surface area contributed by atoms with E-state index < -0.39 is 0 Å². The van der Waals surface area contributed by atoms with Crippen LogP contribution in [0.25, 0.3) is 11.4 Å². The van der Waals surface area contributed by atoms with E-state index in [4.69, 9.17) is 5.73 Å². The molecule has 0 spiro atoms. The van der Waals surface area contributed by atoms with Gasteiger partial charge in [0.2, 0.25) is 0 Å². The predicted octanol–water partition coefficient (Wildman–Crippen LogP) is 2.42. The van der Waals surface area contributed by atoms with Gasteiger partial charge in [-0.3, -0.25) is 0 Å². The third-order valence-corrected chi connectivity index (χ3v) is 4.16. The molecule has 1 aromatic carbocycles. The third kappa shape index (κ3) is 2.05. The van der Waals surface area contributed by atoms with Crippen LogP contribution in [0.15, 0.2) is 18.2 Å². The Balaban J connectivity index is 1.77. The molecular weight excluding hydrogens is 257 g/mol. The van der Waals surface area contributed by atoms with Gasteiger partial charge in [0.05, 0.1) is 6.04 Å². The van der Waals surface area contributed by atoms with Crippen molar-refractivity contribution in [1.29, 1.82) is 0 Å². The summed E-state index contributed by atoms with van der Waals surface area (Å²) in [5, 5.41) is 12.1. The van der Waals surface area contributed by atoms with Crippen LogP contribution in [0.4, 0.5) is 10.1 Å². The number of benzene rings is 1. The molecule has 5 nitrogen and oxygen atoms in total. The molecule has 20 heavy (non-hydrogen) atoms. The van der Waals surface area contributed by atoms with Gasteiger partial charge in [0.25, 0.3) is 0 Å². The summed E-state index contributed by atoms with van der Waals surface area (Å²) < 4.78 is 15.4. The molecule has 104 valence electrons. The van der Waals surface area contributed by atoms with Crippen molar-refractivity contribution in [1.82, 2.24) is 20.2 Å². The fourth-order valence-corrected chi connectivity index (χ4v) is 2.99. The summed E-state index contributed by atoms with van der Waals surface area (Å²) in [6.45, 7) is 0. The Hall–Kier alpha value is -1.98. The number of nitrogens with two attached hydrogens (primary N) is 1. The molecule has 0 aliphatic heterocycles. The molecule has 0 saturated heterocycles. The SMILES string of the molecule is Nc1cc(F)cc(-c2nnnn2C(C2CC2)C2CC2)c1. The maximum atomic E-state index is 13.5. The summed E-state index contributed by atoms with van der Waals surface area (Å²) in [4.78, 5) is 0. The molecule has 0 bridgehead atoms. The minimum atomic E-state index is -0.357. The van der Waals surface area contributed by atoms with Gasteiger partial charge in [-0.2, -0.15) is 0 Å². The highest BCUT2D eigenvalue weighted by molar-refractivity contribution is 5.61. The Morgan fingerprint density at radius 1 is 1.15 bits per heavy atom. The van der Waals surface area contributed by atoms with Crippen molar-refractivity contribution in [3.8, 4) is 11.4 Å². The standard InChI is InChI=1S/C14H16FN5/c15-11-5-10(6-12(16)7-11)14-17-18-19-20(14)13(8-1-2-8)9-3-4-9/h5-9,13H,1-4,16H2. The zero-order valence-corrected chi connectivity index (χ0v) is 11.0. The number of hydrogen-bond acceptors (Lipinski definition) is 4. The first-order valence-corrected chi connectivity index (χ1v) is 7.06. The molecule has 0 amide bonds. The van der Waals surface area contributed by atoms with Gasteiger partial charge in [-0.05, 0) is 66.1 Å². The average Bonchev–Trinajstić information content (AvgIpc) is 3.29. The maximum absolute atomic E-state index is 13.5. The molecular formula is C14H16FN5. The number of nitrogens with zero attached hydrogens (tertiary/aromatic N) is 4. The molecule has 0 unspecified atom stereocenters. The summed E-state index contributed by atoms with van der Waals surface area (Å²) in [6, 6.07) is 4.83. The molecule has 0 radical (unpaired) electrons. The van der Waals surface area contributed by atoms with Gasteiger partial charge in [0.15, 0.2) is 5.82 Å². The molecule has 2 aromatic rings. The number of nitrogen functional groups attached to an aromatic ring is 1. The Morgan fingerprint density at radius 2 is 1.85 bits per heavy atom. The molecule has 2 aliphatic rings. The average molecular weight is 273 g/mol. The first-order valence-electron chi connectivity index (χ1n) is 7.06. The number of tetrazole rings is 1. The second-order valence-electron chi connectivity index (χ2n) is 5.89. The highest BCUT2D eigenvalue weighted by Crippen LogP contribution is 2.52. The largest absolute Gasteiger partial charge is 0.399 e. The van der Waals surface area contributed by atoms with Crippen molar-refractivity contribution < 1.29 is 4.39 Å². The second kappa shape index (κ2) is 4.26. The van der Waals surface area contributed by atoms with Gasteiger partial charge in [0.1, 0.15) is 5.82 Å². The molecule has 1 aromatic heterocycles. The van der Waals surface area contributed by atoms with Gasteiger partial charge in [-0.1, -0.05) is 0 Å². The first-order chi connectivity index (χ1) is 9.72. The van der Waals surface area contributed by atoms with Crippen LogP contribution in [0.2, 0.25) is 0 Å². The van der Waals surface area contributed by atoms with Crippen LogP contribution in [0, 0.1) is 17.7 Å². The van der Waals surface area contributed by atoms with E-state index in [1.165, 1.54) is 37.8 Å². The summed E-state index contributed by atoms with van der Waals surface area (Å²) in [5.41, 5.74) is 6.76. The third-order valence-electron chi connectivity index (χ3n) is 4.16. The Labute approximate surface area is 116 Å². The van der Waals surface area contributed by atoms with Crippen molar-refractivity contribution in [3.05, 3.63) is 24.0 Å². The van der Waals surface area contributed by atoms with Gasteiger partial charge >= 0.3 is 0 Å². The smallest absolute Gasteiger partial charge is 0.182 e. The molecule has 2 N–H and O–H groups in total. The van der Waals surface area contributed by atoms with E-state index in [1.54, 1.807) is 6.07 Å². The number of hydrogen-bond donors (Lipinski definition) is 1. The van der Waals surface area contributed by atoms with Crippen LogP contribution in [0.1, 0.15) is 31.7 Å². The van der Waals surface area contributed by atoms with Crippen LogP contribution in [0.5, 0.6) is 0 Å². The van der Waals surface area contributed by atoms with Gasteiger partial charge in [0, 0.05) is 11.3 Å². The van der Waals surface area contributed by atoms with E-state index in [2.05, 4.69) is 15.5 Å². The van der Waals surface area contributed by atoms with Crippen molar-refractivity contribution >= 4 is 5.69 Å². The Bertz CT molecular complexity index is 613. The summed E-state index contributed by atoms with van der Waals surface area (Å²) >= 11 is 0. The molecule has 4 rings (SSSR count). The molecule has 2 saturated carbocycles. The highest BCUT2D eigenvalue weighted by Gasteiger charge is 2.44. The van der Waals surface area contributed by atoms with Crippen LogP contribution >= 0.6 is 0 Å². The zero-order chi connectivity index (χ0) is 13.7. The normalized spacial score (nSPS) is 18.7. The molecule has 6 heteroatoms. The van der Waals surface area contributed by atoms with Crippen LogP contribution in [-0.2, 0) is 0 Å². The Kier molecular flexibility index (Phi) is 2.52. The molecule has 2 fully saturated rings. The quantitative estimate of drug-likeness (QED) is 0.868. The van der Waals surface area contributed by atoms with E-state index in [0.717, 1.165) is 0 Å². The lowest BCUT2D eigenvalue weighted by Crippen LogP contribution is -2.16. The van der Waals surface area contributed by atoms with Crippen molar-refractivity contribution in [2.45, 2.75) is 31.7 Å². The fraction of sp³-hybridized carbons (Fsp3) is 0.500. The first kappa shape index (κ1) is 11.8. The van der Waals surface area contributed by atoms with Crippen molar-refractivity contribution in [3.63, 3.8) is 0 Å². The fourth-order valence-electron chi connectivity index (χ4n) is 2.99. The number of halogens is 1. The summed E-state index contributed by atoms with van der Waals surface area (Å²) in [7, 11) is 0. The lowest BCUT2D eigenvalue weighted by Gasteiger charge is -2.17. The maximum Gasteiger partial charge on any atom is 0.182 e. The summed E-state index contributed by atoms with van der Waals surface area (Å²) in [5.74, 6) is 1.62. The van der Waals surface area contributed by atoms with E-state index >= 15 is 0 Å². The van der Waals surface area contributed by atoms with Crippen molar-refractivity contribution in [2.75, 3.05) is 5.73 Å². The number of aromatic nitrogens is 4. The number of anilines is 1. The highest BCUT2D eigenvalue weighted by atomic mass is 19.1. The minimum absolute atomic E-state index is 0.357. The van der Waals surface area contributed by atoms with E-state index in [9.17, 15) is 4.39 Å². The number of rotatable bonds is 4. The minimum Gasteiger partial charge on any atom is -0.399 e. The van der Waals surface area contributed by atoms with Gasteiger partial charge in [-0.25, -0.2) is 9.07 Å². The van der Waals surface area contributed by atoms with Gasteiger partial charge in [-0.15, -0.1) is 5.10 Å². The lowest BCUT2D eigenvalue weighted by molar-refractivity contribution is 0.357. The second-order valence-corrected chi connectivity index (χ2v) is 5.89. The predicted molar refractivity (Wildman–Crippen MR) is 72.1 cm³/mol. The topological polar surface area (TPSA) is 69.6 Å². The van der Waals surface area contributed by atoms with E-state index in [0.29, 0.717) is 35.0 Å². The van der Waals surface area contributed by atoms with Crippen LogP contribution in [-0.4, -0.2) is 20.2 Å². The lowest BCUT2D eigenvalue weighted by atomic mass is 10.1. The molecule has 2 aliphatic carbocycles. The van der Waals surface area contributed by atoms with E-state index in [-0.39, 0.29) is 5.82 Å². The summed E-state index contributed by atoms with van der Waals surface area (Å²) in [6.07, 6.45) is 4.97. The molecule has 1 heterocycles. The zero-order valence-electron chi connectivity index (χ0n) is 11.0.